The van der Waals surface area contributed by atoms with Crippen molar-refractivity contribution in [2.24, 2.45) is 0 Å². The van der Waals surface area contributed by atoms with E-state index >= 15 is 0 Å². The van der Waals surface area contributed by atoms with Gasteiger partial charge in [0.2, 0.25) is 0 Å². The van der Waals surface area contributed by atoms with Crippen LogP contribution < -0.4 is 5.32 Å². The Bertz CT molecular complexity index is 289. The second-order valence-corrected chi connectivity index (χ2v) is 4.35. The topological polar surface area (TPSA) is 69.6 Å². The van der Waals surface area contributed by atoms with E-state index in [1.165, 1.54) is 4.90 Å². The zero-order chi connectivity index (χ0) is 13.4. The lowest BCUT2D eigenvalue weighted by Crippen LogP contribution is -2.44. The molecular weight excluding hydrogens is 220 g/mol. The van der Waals surface area contributed by atoms with Crippen LogP contribution >= 0.6 is 0 Å². The minimum absolute atomic E-state index is 0.0412. The quantitative estimate of drug-likeness (QED) is 0.669. The first-order valence-corrected chi connectivity index (χ1v) is 5.74. The fourth-order valence-electron chi connectivity index (χ4n) is 1.55. The van der Waals surface area contributed by atoms with Crippen LogP contribution in [0.25, 0.3) is 0 Å². The molecule has 0 spiro atoms. The summed E-state index contributed by atoms with van der Waals surface area (Å²) in [6, 6.07) is -0.565. The van der Waals surface area contributed by atoms with E-state index in [0.717, 1.165) is 12.0 Å². The average molecular weight is 242 g/mol. The number of urea groups is 1. The van der Waals surface area contributed by atoms with E-state index in [4.69, 9.17) is 5.11 Å². The van der Waals surface area contributed by atoms with Gasteiger partial charge in [-0.15, -0.1) is 0 Å². The Balaban J connectivity index is 4.28. The lowest BCUT2D eigenvalue weighted by Gasteiger charge is -2.22. The first kappa shape index (κ1) is 15.5. The summed E-state index contributed by atoms with van der Waals surface area (Å²) in [5.74, 6) is -0.897. The van der Waals surface area contributed by atoms with E-state index in [2.05, 4.69) is 11.9 Å². The van der Waals surface area contributed by atoms with Crippen molar-refractivity contribution < 1.29 is 14.7 Å². The molecule has 0 radical (unpaired) electrons. The molecule has 98 valence electrons. The number of nitrogens with one attached hydrogen (secondary N) is 1. The second kappa shape index (κ2) is 7.70. The van der Waals surface area contributed by atoms with Crippen LogP contribution in [0.4, 0.5) is 4.79 Å². The van der Waals surface area contributed by atoms with Gasteiger partial charge in [0.1, 0.15) is 0 Å². The Kier molecular flexibility index (Phi) is 7.02. The maximum Gasteiger partial charge on any atom is 0.317 e. The Morgan fingerprint density at radius 1 is 1.47 bits per heavy atom. The van der Waals surface area contributed by atoms with Crippen LogP contribution in [0.5, 0.6) is 0 Å². The number of nitrogens with zero attached hydrogens (tertiary/aromatic N) is 1. The van der Waals surface area contributed by atoms with Gasteiger partial charge in [0.25, 0.3) is 0 Å². The molecule has 0 fully saturated rings. The molecule has 5 nitrogen and oxygen atoms in total. The lowest BCUT2D eigenvalue weighted by molar-refractivity contribution is -0.137. The summed E-state index contributed by atoms with van der Waals surface area (Å²) in [6.07, 6.45) is 1.46. The first-order chi connectivity index (χ1) is 7.86. The molecule has 0 aromatic rings. The van der Waals surface area contributed by atoms with Crippen molar-refractivity contribution in [1.29, 1.82) is 0 Å². The van der Waals surface area contributed by atoms with Crippen LogP contribution in [-0.4, -0.2) is 41.6 Å². The molecule has 1 atom stereocenters. The molecule has 0 aromatic heterocycles. The van der Waals surface area contributed by atoms with Gasteiger partial charge in [-0.3, -0.25) is 4.79 Å². The number of likely N-dealkylation sites (N-methyl/N-ethyl adjacent to an activating group) is 1. The van der Waals surface area contributed by atoms with Crippen LogP contribution in [0.2, 0.25) is 0 Å². The summed E-state index contributed by atoms with van der Waals surface area (Å²) >= 11 is 0. The van der Waals surface area contributed by atoms with Gasteiger partial charge in [-0.1, -0.05) is 25.5 Å². The van der Waals surface area contributed by atoms with Gasteiger partial charge in [-0.05, 0) is 13.3 Å². The molecule has 0 heterocycles. The molecular formula is C12H22N2O3. The SMILES string of the molecule is C=C(C)CN(C)C(=O)NC(CCC)CC(=O)O. The maximum absolute atomic E-state index is 11.7. The summed E-state index contributed by atoms with van der Waals surface area (Å²) in [7, 11) is 1.66. The van der Waals surface area contributed by atoms with Gasteiger partial charge < -0.3 is 15.3 Å². The van der Waals surface area contributed by atoms with Gasteiger partial charge in [0.05, 0.1) is 6.42 Å². The molecule has 0 saturated heterocycles. The summed E-state index contributed by atoms with van der Waals surface area (Å²) in [5.41, 5.74) is 0.882. The zero-order valence-corrected chi connectivity index (χ0v) is 10.8. The van der Waals surface area contributed by atoms with Crippen LogP contribution in [0.3, 0.4) is 0 Å². The summed E-state index contributed by atoms with van der Waals surface area (Å²) in [6.45, 7) is 7.99. The predicted octanol–water partition coefficient (Wildman–Crippen LogP) is 1.85. The highest BCUT2D eigenvalue weighted by Crippen LogP contribution is 2.03. The fraction of sp³-hybridized carbons (Fsp3) is 0.667. The van der Waals surface area contributed by atoms with E-state index in [0.29, 0.717) is 13.0 Å². The van der Waals surface area contributed by atoms with Crippen LogP contribution in [-0.2, 0) is 4.79 Å². The van der Waals surface area contributed by atoms with Gasteiger partial charge in [-0.2, -0.15) is 0 Å². The average Bonchev–Trinajstić information content (AvgIpc) is 2.15. The largest absolute Gasteiger partial charge is 0.481 e. The van der Waals surface area contributed by atoms with Gasteiger partial charge in [0, 0.05) is 19.6 Å². The van der Waals surface area contributed by atoms with E-state index in [1.807, 2.05) is 13.8 Å². The van der Waals surface area contributed by atoms with Gasteiger partial charge in [-0.25, -0.2) is 4.79 Å². The third kappa shape index (κ3) is 7.38. The molecule has 0 aliphatic heterocycles. The maximum atomic E-state index is 11.7. The van der Waals surface area contributed by atoms with E-state index in [1.54, 1.807) is 7.05 Å². The fourth-order valence-corrected chi connectivity index (χ4v) is 1.55. The molecule has 1 unspecified atom stereocenters. The van der Waals surface area contributed by atoms with Crippen LogP contribution in [0.15, 0.2) is 12.2 Å². The lowest BCUT2D eigenvalue weighted by atomic mass is 10.1. The summed E-state index contributed by atoms with van der Waals surface area (Å²) < 4.78 is 0. The van der Waals surface area contributed by atoms with Crippen molar-refractivity contribution in [2.75, 3.05) is 13.6 Å². The standard InChI is InChI=1S/C12H22N2O3/c1-5-6-10(7-11(15)16)13-12(17)14(4)8-9(2)3/h10H,2,5-8H2,1,3-4H3,(H,13,17)(H,15,16). The third-order valence-electron chi connectivity index (χ3n) is 2.24. The third-order valence-corrected chi connectivity index (χ3v) is 2.24. The molecule has 0 rings (SSSR count). The number of hydrogen-bond donors (Lipinski definition) is 2. The molecule has 2 amide bonds. The Morgan fingerprint density at radius 3 is 2.47 bits per heavy atom. The highest BCUT2D eigenvalue weighted by molar-refractivity contribution is 5.75. The summed E-state index contributed by atoms with van der Waals surface area (Å²) in [4.78, 5) is 23.9. The highest BCUT2D eigenvalue weighted by atomic mass is 16.4. The van der Waals surface area contributed by atoms with Crippen molar-refractivity contribution in [2.45, 2.75) is 39.2 Å². The van der Waals surface area contributed by atoms with Crippen molar-refractivity contribution >= 4 is 12.0 Å². The van der Waals surface area contributed by atoms with Crippen molar-refractivity contribution in [1.82, 2.24) is 10.2 Å². The van der Waals surface area contributed by atoms with E-state index < -0.39 is 5.97 Å². The smallest absolute Gasteiger partial charge is 0.317 e. The van der Waals surface area contributed by atoms with Gasteiger partial charge >= 0.3 is 12.0 Å². The van der Waals surface area contributed by atoms with Crippen molar-refractivity contribution in [3.05, 3.63) is 12.2 Å². The van der Waals surface area contributed by atoms with E-state index in [9.17, 15) is 9.59 Å². The minimum Gasteiger partial charge on any atom is -0.481 e. The normalized spacial score (nSPS) is 11.7. The highest BCUT2D eigenvalue weighted by Gasteiger charge is 2.17. The molecule has 17 heavy (non-hydrogen) atoms. The van der Waals surface area contributed by atoms with Crippen LogP contribution in [0.1, 0.15) is 33.1 Å². The van der Waals surface area contributed by atoms with E-state index in [-0.39, 0.29) is 18.5 Å². The molecule has 2 N–H and O–H groups in total. The number of carbonyl (C=O) groups is 2. The second-order valence-electron chi connectivity index (χ2n) is 4.35. The van der Waals surface area contributed by atoms with Gasteiger partial charge in [0.15, 0.2) is 0 Å². The van der Waals surface area contributed by atoms with Crippen molar-refractivity contribution in [3.63, 3.8) is 0 Å². The number of aliphatic carboxylic acids is 1. The number of carbonyl (C=O) groups excluding carboxylic acids is 1. The Labute approximate surface area is 102 Å². The minimum atomic E-state index is -0.897. The number of rotatable bonds is 7. The first-order valence-electron chi connectivity index (χ1n) is 5.74. The Morgan fingerprint density at radius 2 is 2.06 bits per heavy atom. The molecule has 0 aromatic carbocycles. The molecule has 0 saturated carbocycles. The summed E-state index contributed by atoms with van der Waals surface area (Å²) in [5, 5.41) is 11.4. The molecule has 0 aliphatic rings. The number of amides is 2. The molecule has 0 bridgehead atoms. The molecule has 0 aliphatic carbocycles. The van der Waals surface area contributed by atoms with Crippen LogP contribution in [0, 0.1) is 0 Å². The zero-order valence-electron chi connectivity index (χ0n) is 10.8. The number of carboxylic acid groups (broad SMARTS) is 1. The Hall–Kier alpha value is -1.52. The van der Waals surface area contributed by atoms with Crippen molar-refractivity contribution in [3.8, 4) is 0 Å². The predicted molar refractivity (Wildman–Crippen MR) is 66.9 cm³/mol. The monoisotopic (exact) mass is 242 g/mol. The number of carboxylic acids is 1. The number of hydrogen-bond acceptors (Lipinski definition) is 2. The molecule has 5 heteroatoms.